The molecule has 0 spiro atoms. The van der Waals surface area contributed by atoms with Gasteiger partial charge in [-0.3, -0.25) is 4.79 Å². The first-order valence-corrected chi connectivity index (χ1v) is 15.2. The van der Waals surface area contributed by atoms with Crippen molar-refractivity contribution in [3.63, 3.8) is 0 Å². The van der Waals surface area contributed by atoms with Crippen LogP contribution in [-0.2, 0) is 16.0 Å². The molecule has 7 rings (SSSR count). The van der Waals surface area contributed by atoms with Crippen LogP contribution in [0.15, 0.2) is 52.8 Å². The lowest BCUT2D eigenvalue weighted by molar-refractivity contribution is -0.174. The average molecular weight is 591 g/mol. The molecule has 7 nitrogen and oxygen atoms in total. The highest BCUT2D eigenvalue weighted by molar-refractivity contribution is 7.96. The Bertz CT molecular complexity index is 1630. The second kappa shape index (κ2) is 9.41. The number of benzene rings is 1. The van der Waals surface area contributed by atoms with Crippen LogP contribution in [0.25, 0.3) is 11.8 Å². The number of esters is 1. The van der Waals surface area contributed by atoms with E-state index >= 15 is 0 Å². The third-order valence-electron chi connectivity index (χ3n) is 11.3. The van der Waals surface area contributed by atoms with Gasteiger partial charge in [0.05, 0.1) is 29.9 Å². The maximum atomic E-state index is 13.6. The zero-order chi connectivity index (χ0) is 29.6. The molecule has 4 aliphatic carbocycles. The Kier molecular flexibility index (Phi) is 6.20. The van der Waals surface area contributed by atoms with Gasteiger partial charge in [0, 0.05) is 5.41 Å². The number of nitrogens with zero attached hydrogens (tertiary/aromatic N) is 2. The molecule has 2 heterocycles. The predicted octanol–water partition coefficient (Wildman–Crippen LogP) is 6.12. The van der Waals surface area contributed by atoms with Gasteiger partial charge in [0.25, 0.3) is 0 Å². The first-order chi connectivity index (χ1) is 20.0. The SMILES string of the molecule is Cc1occc1C(=O)O[C@]1(C(=O)S)CC[C@H]2[C@@H]3CCC4=Cc5c(cnn5-c5ccc(F)cc5)C[C@]4(C)[C@H]3[C@@H](O)C[C@@]21C. The predicted molar refractivity (Wildman–Crippen MR) is 157 cm³/mol. The van der Waals surface area contributed by atoms with Gasteiger partial charge in [-0.1, -0.05) is 19.4 Å². The lowest BCUT2D eigenvalue weighted by atomic mass is 9.45. The molecular weight excluding hydrogens is 555 g/mol. The fraction of sp³-hybridized carbons (Fsp3) is 0.485. The summed E-state index contributed by atoms with van der Waals surface area (Å²) in [5, 5.41) is 16.2. The van der Waals surface area contributed by atoms with Gasteiger partial charge < -0.3 is 14.3 Å². The number of furan rings is 1. The van der Waals surface area contributed by atoms with E-state index in [0.717, 1.165) is 42.6 Å². The van der Waals surface area contributed by atoms with Crippen LogP contribution in [0.4, 0.5) is 4.39 Å². The Labute approximate surface area is 249 Å². The van der Waals surface area contributed by atoms with Gasteiger partial charge in [0.1, 0.15) is 17.1 Å². The number of aromatic nitrogens is 2. The molecule has 0 aliphatic heterocycles. The number of hydrogen-bond donors (Lipinski definition) is 2. The number of aliphatic hydroxyl groups excluding tert-OH is 1. The fourth-order valence-electron chi connectivity index (χ4n) is 9.33. The monoisotopic (exact) mass is 590 g/mol. The van der Waals surface area contributed by atoms with Crippen molar-refractivity contribution in [1.82, 2.24) is 9.78 Å². The first kappa shape index (κ1) is 27.7. The summed E-state index contributed by atoms with van der Waals surface area (Å²) in [4.78, 5) is 26.6. The summed E-state index contributed by atoms with van der Waals surface area (Å²) in [6, 6.07) is 7.89. The zero-order valence-corrected chi connectivity index (χ0v) is 24.9. The van der Waals surface area contributed by atoms with Crippen molar-refractivity contribution in [1.29, 1.82) is 0 Å². The van der Waals surface area contributed by atoms with Gasteiger partial charge in [-0.15, -0.1) is 12.6 Å². The van der Waals surface area contributed by atoms with Gasteiger partial charge in [-0.05, 0) is 111 Å². The van der Waals surface area contributed by atoms with E-state index in [1.54, 1.807) is 25.1 Å². The summed E-state index contributed by atoms with van der Waals surface area (Å²) >= 11 is 4.30. The maximum Gasteiger partial charge on any atom is 0.342 e. The number of halogens is 1. The van der Waals surface area contributed by atoms with E-state index < -0.39 is 28.2 Å². The van der Waals surface area contributed by atoms with Crippen molar-refractivity contribution in [3.8, 4) is 5.69 Å². The van der Waals surface area contributed by atoms with Gasteiger partial charge in [-0.25, -0.2) is 13.9 Å². The summed E-state index contributed by atoms with van der Waals surface area (Å²) in [5.41, 5.74) is 2.02. The van der Waals surface area contributed by atoms with Crippen molar-refractivity contribution < 1.29 is 28.2 Å². The number of carbonyl (C=O) groups excluding carboxylic acids is 2. The Morgan fingerprint density at radius 2 is 1.95 bits per heavy atom. The van der Waals surface area contributed by atoms with Crippen molar-refractivity contribution >= 4 is 29.8 Å². The largest absolute Gasteiger partial charge is 0.469 e. The maximum absolute atomic E-state index is 13.6. The van der Waals surface area contributed by atoms with Crippen molar-refractivity contribution in [3.05, 3.63) is 76.8 Å². The number of hydrogen-bond acceptors (Lipinski definition) is 6. The molecule has 4 aliphatic rings. The molecule has 2 aromatic heterocycles. The van der Waals surface area contributed by atoms with Gasteiger partial charge >= 0.3 is 5.97 Å². The van der Waals surface area contributed by atoms with Crippen LogP contribution in [0.2, 0.25) is 0 Å². The quantitative estimate of drug-likeness (QED) is 0.281. The summed E-state index contributed by atoms with van der Waals surface area (Å²) in [6.45, 7) is 5.95. The van der Waals surface area contributed by atoms with Gasteiger partial charge in [0.2, 0.25) is 5.12 Å². The molecule has 0 bridgehead atoms. The zero-order valence-electron chi connectivity index (χ0n) is 24.0. The van der Waals surface area contributed by atoms with Crippen LogP contribution >= 0.6 is 12.6 Å². The molecule has 0 amide bonds. The normalized spacial score (nSPS) is 35.0. The topological polar surface area (TPSA) is 94.6 Å². The molecule has 1 N–H and O–H groups in total. The van der Waals surface area contributed by atoms with E-state index in [1.807, 2.05) is 17.8 Å². The van der Waals surface area contributed by atoms with Crippen LogP contribution in [0, 0.1) is 41.3 Å². The summed E-state index contributed by atoms with van der Waals surface area (Å²) in [7, 11) is 0. The minimum Gasteiger partial charge on any atom is -0.469 e. The summed E-state index contributed by atoms with van der Waals surface area (Å²) < 4.78 is 26.9. The Morgan fingerprint density at radius 3 is 2.64 bits per heavy atom. The Balaban J connectivity index is 1.22. The molecule has 3 fully saturated rings. The third-order valence-corrected chi connectivity index (χ3v) is 11.7. The van der Waals surface area contributed by atoms with E-state index in [-0.39, 0.29) is 29.0 Å². The van der Waals surface area contributed by atoms with Gasteiger partial charge in [0.15, 0.2) is 5.60 Å². The number of carbonyl (C=O) groups is 2. The molecule has 9 heteroatoms. The highest BCUT2D eigenvalue weighted by atomic mass is 32.1. The number of aryl methyl sites for hydroxylation is 1. The van der Waals surface area contributed by atoms with E-state index in [1.165, 1.54) is 24.0 Å². The number of ether oxygens (including phenoxy) is 1. The molecular formula is C33H35FN2O5S. The minimum atomic E-state index is -1.43. The van der Waals surface area contributed by atoms with E-state index in [0.29, 0.717) is 24.2 Å². The lowest BCUT2D eigenvalue weighted by Gasteiger charge is -2.60. The Morgan fingerprint density at radius 1 is 1.19 bits per heavy atom. The van der Waals surface area contributed by atoms with Crippen LogP contribution in [0.3, 0.4) is 0 Å². The number of thiol groups is 1. The molecule has 1 aromatic carbocycles. The van der Waals surface area contributed by atoms with Crippen LogP contribution in [0.5, 0.6) is 0 Å². The molecule has 3 saturated carbocycles. The number of allylic oxidation sites excluding steroid dienone is 1. The second-order valence-electron chi connectivity index (χ2n) is 13.2. The smallest absolute Gasteiger partial charge is 0.342 e. The molecule has 0 unspecified atom stereocenters. The molecule has 220 valence electrons. The lowest BCUT2D eigenvalue weighted by Crippen LogP contribution is -2.62. The molecule has 3 aromatic rings. The summed E-state index contributed by atoms with van der Waals surface area (Å²) in [5.74, 6) is -0.231. The number of fused-ring (bicyclic) bond motifs is 6. The number of aliphatic hydroxyl groups is 1. The van der Waals surface area contributed by atoms with E-state index in [9.17, 15) is 19.1 Å². The van der Waals surface area contributed by atoms with Gasteiger partial charge in [-0.2, -0.15) is 5.10 Å². The van der Waals surface area contributed by atoms with Crippen LogP contribution in [0.1, 0.15) is 73.3 Å². The van der Waals surface area contributed by atoms with Crippen molar-refractivity contribution in [2.24, 2.45) is 28.6 Å². The Hall–Kier alpha value is -3.17. The van der Waals surface area contributed by atoms with Crippen molar-refractivity contribution in [2.45, 2.75) is 71.0 Å². The molecule has 7 atom stereocenters. The number of rotatable bonds is 4. The first-order valence-electron chi connectivity index (χ1n) is 14.7. The standard InChI is InChI=1S/C33H35FN2O5S/c1-18-23(11-13-40-18)29(38)41-33(30(39)42)12-10-25-24-9-4-20-14-26-19(17-35-36(26)22-7-5-21(34)6-8-22)15-31(20,2)28(24)27(37)16-32(25,33)3/h5-8,11,13-14,17,24-25,27-28,37H,4,9-10,12,15-16H2,1-3H3,(H,39,42)/t24-,25-,27-,28+,31-,32-,33-/m0/s1. The van der Waals surface area contributed by atoms with E-state index in [2.05, 4.69) is 30.7 Å². The van der Waals surface area contributed by atoms with E-state index in [4.69, 9.17) is 9.15 Å². The molecule has 0 saturated heterocycles. The molecule has 42 heavy (non-hydrogen) atoms. The minimum absolute atomic E-state index is 0.0180. The third kappa shape index (κ3) is 3.71. The highest BCUT2D eigenvalue weighted by Gasteiger charge is 2.70. The van der Waals surface area contributed by atoms with Crippen molar-refractivity contribution in [2.75, 3.05) is 0 Å². The average Bonchev–Trinajstić information content (AvgIpc) is 3.63. The van der Waals surface area contributed by atoms with Crippen LogP contribution < -0.4 is 0 Å². The molecule has 0 radical (unpaired) electrons. The highest BCUT2D eigenvalue weighted by Crippen LogP contribution is 2.68. The fourth-order valence-corrected chi connectivity index (χ4v) is 9.75. The summed E-state index contributed by atoms with van der Waals surface area (Å²) in [6.07, 6.45) is 8.75. The second-order valence-corrected chi connectivity index (χ2v) is 13.6. The van der Waals surface area contributed by atoms with Crippen LogP contribution in [-0.4, -0.2) is 37.7 Å².